The molecule has 2 N–H and O–H groups in total. The topological polar surface area (TPSA) is 67.4 Å². The summed E-state index contributed by atoms with van der Waals surface area (Å²) in [5.74, 6) is 0.211. The Hall–Kier alpha value is -2.34. The van der Waals surface area contributed by atoms with E-state index in [4.69, 9.17) is 4.74 Å². The molecular formula is C18H19BrN2O3. The Morgan fingerprint density at radius 2 is 1.88 bits per heavy atom. The van der Waals surface area contributed by atoms with E-state index >= 15 is 0 Å². The van der Waals surface area contributed by atoms with Gasteiger partial charge in [-0.3, -0.25) is 9.59 Å². The van der Waals surface area contributed by atoms with E-state index in [0.717, 1.165) is 11.3 Å². The molecule has 0 aliphatic rings. The van der Waals surface area contributed by atoms with Crippen LogP contribution < -0.4 is 15.4 Å². The van der Waals surface area contributed by atoms with Crippen molar-refractivity contribution in [1.29, 1.82) is 0 Å². The number of amides is 2. The molecule has 6 heteroatoms. The van der Waals surface area contributed by atoms with E-state index in [1.54, 1.807) is 18.2 Å². The molecular weight excluding hydrogens is 372 g/mol. The molecule has 0 aliphatic heterocycles. The molecule has 0 saturated carbocycles. The molecule has 126 valence electrons. The molecule has 2 rings (SSSR count). The van der Waals surface area contributed by atoms with Gasteiger partial charge in [-0.1, -0.05) is 24.3 Å². The predicted octanol–water partition coefficient (Wildman–Crippen LogP) is 2.68. The van der Waals surface area contributed by atoms with Crippen molar-refractivity contribution in [2.45, 2.75) is 6.92 Å². The highest BCUT2D eigenvalue weighted by Gasteiger charge is 2.10. The van der Waals surface area contributed by atoms with Crippen LogP contribution in [0.2, 0.25) is 0 Å². The van der Waals surface area contributed by atoms with Crippen molar-refractivity contribution in [3.05, 3.63) is 64.1 Å². The minimum absolute atomic E-state index is 0.0788. The van der Waals surface area contributed by atoms with E-state index < -0.39 is 0 Å². The minimum atomic E-state index is -0.298. The third-order valence-electron chi connectivity index (χ3n) is 3.21. The Balaban J connectivity index is 1.66. The highest BCUT2D eigenvalue weighted by atomic mass is 79.9. The van der Waals surface area contributed by atoms with E-state index in [1.807, 2.05) is 37.3 Å². The van der Waals surface area contributed by atoms with Crippen molar-refractivity contribution in [2.75, 3.05) is 19.7 Å². The van der Waals surface area contributed by atoms with Gasteiger partial charge in [-0.25, -0.2) is 0 Å². The third-order valence-corrected chi connectivity index (χ3v) is 3.90. The fraction of sp³-hybridized carbons (Fsp3) is 0.222. The first-order valence-corrected chi connectivity index (χ1v) is 8.34. The number of carbonyl (C=O) groups is 2. The summed E-state index contributed by atoms with van der Waals surface area (Å²) in [6, 6.07) is 14.8. The van der Waals surface area contributed by atoms with Gasteiger partial charge in [-0.15, -0.1) is 0 Å². The molecule has 2 aromatic carbocycles. The van der Waals surface area contributed by atoms with Gasteiger partial charge in [0.25, 0.3) is 5.91 Å². The van der Waals surface area contributed by atoms with Crippen LogP contribution in [0.5, 0.6) is 5.75 Å². The first-order chi connectivity index (χ1) is 11.6. The number of benzene rings is 2. The standard InChI is InChI=1S/C18H19BrN2O3/c1-13-5-4-6-14(11-13)24-10-9-20-17(22)12-21-18(23)15-7-2-3-8-16(15)19/h2-8,11H,9-10,12H2,1H3,(H,20,22)(H,21,23). The van der Waals surface area contributed by atoms with Crippen molar-refractivity contribution in [1.82, 2.24) is 10.6 Å². The van der Waals surface area contributed by atoms with Crippen molar-refractivity contribution in [2.24, 2.45) is 0 Å². The van der Waals surface area contributed by atoms with Crippen molar-refractivity contribution < 1.29 is 14.3 Å². The van der Waals surface area contributed by atoms with Gasteiger partial charge in [0.05, 0.1) is 18.7 Å². The third kappa shape index (κ3) is 5.70. The number of carbonyl (C=O) groups excluding carboxylic acids is 2. The van der Waals surface area contributed by atoms with Gasteiger partial charge >= 0.3 is 0 Å². The zero-order chi connectivity index (χ0) is 17.4. The molecule has 0 bridgehead atoms. The number of hydrogen-bond acceptors (Lipinski definition) is 3. The Kier molecular flexibility index (Phi) is 6.81. The smallest absolute Gasteiger partial charge is 0.252 e. The molecule has 0 aliphatic carbocycles. The summed E-state index contributed by atoms with van der Waals surface area (Å²) in [4.78, 5) is 23.7. The van der Waals surface area contributed by atoms with E-state index in [-0.39, 0.29) is 18.4 Å². The Labute approximate surface area is 149 Å². The maximum absolute atomic E-state index is 12.0. The van der Waals surface area contributed by atoms with Crippen LogP contribution in [0.25, 0.3) is 0 Å². The second-order valence-corrected chi connectivity index (χ2v) is 6.03. The number of halogens is 1. The first-order valence-electron chi connectivity index (χ1n) is 7.55. The molecule has 0 saturated heterocycles. The van der Waals surface area contributed by atoms with E-state index in [2.05, 4.69) is 26.6 Å². The van der Waals surface area contributed by atoms with E-state index in [1.165, 1.54) is 0 Å². The Morgan fingerprint density at radius 1 is 1.08 bits per heavy atom. The molecule has 0 unspecified atom stereocenters. The van der Waals surface area contributed by atoms with Crippen molar-refractivity contribution in [3.8, 4) is 5.75 Å². The fourth-order valence-corrected chi connectivity index (χ4v) is 2.49. The van der Waals surface area contributed by atoms with Crippen LogP contribution in [0.4, 0.5) is 0 Å². The second-order valence-electron chi connectivity index (χ2n) is 5.18. The Bertz CT molecular complexity index is 719. The number of nitrogens with one attached hydrogen (secondary N) is 2. The highest BCUT2D eigenvalue weighted by Crippen LogP contribution is 2.15. The van der Waals surface area contributed by atoms with Crippen molar-refractivity contribution in [3.63, 3.8) is 0 Å². The summed E-state index contributed by atoms with van der Waals surface area (Å²) in [7, 11) is 0. The zero-order valence-corrected chi connectivity index (χ0v) is 14.9. The normalized spacial score (nSPS) is 10.1. The molecule has 2 aromatic rings. The van der Waals surface area contributed by atoms with Gasteiger partial charge < -0.3 is 15.4 Å². The molecule has 0 heterocycles. The average molecular weight is 391 g/mol. The second kappa shape index (κ2) is 9.08. The summed E-state index contributed by atoms with van der Waals surface area (Å²) in [5.41, 5.74) is 1.61. The molecule has 24 heavy (non-hydrogen) atoms. The maximum atomic E-state index is 12.0. The van der Waals surface area contributed by atoms with Crippen LogP contribution in [-0.2, 0) is 4.79 Å². The predicted molar refractivity (Wildman–Crippen MR) is 96.2 cm³/mol. The summed E-state index contributed by atoms with van der Waals surface area (Å²) >= 11 is 3.30. The zero-order valence-electron chi connectivity index (χ0n) is 13.3. The minimum Gasteiger partial charge on any atom is -0.492 e. The number of hydrogen-bond donors (Lipinski definition) is 2. The lowest BCUT2D eigenvalue weighted by Crippen LogP contribution is -2.38. The number of aryl methyl sites for hydroxylation is 1. The summed E-state index contributed by atoms with van der Waals surface area (Å²) in [6.45, 7) is 2.65. The maximum Gasteiger partial charge on any atom is 0.252 e. The van der Waals surface area contributed by atoms with Crippen LogP contribution in [0.1, 0.15) is 15.9 Å². The first kappa shape index (κ1) is 18.0. The van der Waals surface area contributed by atoms with E-state index in [9.17, 15) is 9.59 Å². The van der Waals surface area contributed by atoms with Crippen molar-refractivity contribution >= 4 is 27.7 Å². The van der Waals surface area contributed by atoms with Gasteiger partial charge in [0.2, 0.25) is 5.91 Å². The molecule has 0 fully saturated rings. The summed E-state index contributed by atoms with van der Waals surface area (Å²) in [6.07, 6.45) is 0. The number of ether oxygens (including phenoxy) is 1. The summed E-state index contributed by atoms with van der Waals surface area (Å²) in [5, 5.41) is 5.28. The van der Waals surface area contributed by atoms with Gasteiger partial charge in [0, 0.05) is 4.47 Å². The van der Waals surface area contributed by atoms with Crippen LogP contribution in [0.15, 0.2) is 53.0 Å². The largest absolute Gasteiger partial charge is 0.492 e. The van der Waals surface area contributed by atoms with Gasteiger partial charge in [0.15, 0.2) is 0 Å². The Morgan fingerprint density at radius 3 is 2.62 bits per heavy atom. The van der Waals surface area contributed by atoms with Gasteiger partial charge in [-0.2, -0.15) is 0 Å². The lowest BCUT2D eigenvalue weighted by atomic mass is 10.2. The van der Waals surface area contributed by atoms with Gasteiger partial charge in [0.1, 0.15) is 12.4 Å². The summed E-state index contributed by atoms with van der Waals surface area (Å²) < 4.78 is 6.23. The fourth-order valence-electron chi connectivity index (χ4n) is 2.03. The lowest BCUT2D eigenvalue weighted by molar-refractivity contribution is -0.120. The molecule has 5 nitrogen and oxygen atoms in total. The van der Waals surface area contributed by atoms with E-state index in [0.29, 0.717) is 23.2 Å². The molecule has 0 atom stereocenters. The monoisotopic (exact) mass is 390 g/mol. The number of rotatable bonds is 7. The van der Waals surface area contributed by atoms with Gasteiger partial charge in [-0.05, 0) is 52.7 Å². The van der Waals surface area contributed by atoms with Crippen LogP contribution in [0.3, 0.4) is 0 Å². The van der Waals surface area contributed by atoms with Crippen LogP contribution in [-0.4, -0.2) is 31.5 Å². The molecule has 0 spiro atoms. The SMILES string of the molecule is Cc1cccc(OCCNC(=O)CNC(=O)c2ccccc2Br)c1. The quantitative estimate of drug-likeness (QED) is 0.714. The molecule has 0 radical (unpaired) electrons. The highest BCUT2D eigenvalue weighted by molar-refractivity contribution is 9.10. The lowest BCUT2D eigenvalue weighted by Gasteiger charge is -2.09. The molecule has 2 amide bonds. The average Bonchev–Trinajstić information content (AvgIpc) is 2.57. The van der Waals surface area contributed by atoms with Crippen LogP contribution >= 0.6 is 15.9 Å². The molecule has 0 aromatic heterocycles. The van der Waals surface area contributed by atoms with Crippen LogP contribution in [0, 0.1) is 6.92 Å².